The van der Waals surface area contributed by atoms with Crippen LogP contribution in [0.2, 0.25) is 0 Å². The van der Waals surface area contributed by atoms with E-state index in [1.807, 2.05) is 39.0 Å². The normalized spacial score (nSPS) is 27.1. The molecule has 0 aromatic heterocycles. The zero-order chi connectivity index (χ0) is 22.1. The number of hydrogen-bond donors (Lipinski definition) is 0. The highest BCUT2D eigenvalue weighted by Crippen LogP contribution is 2.32. The van der Waals surface area contributed by atoms with Gasteiger partial charge < -0.3 is 0 Å². The van der Waals surface area contributed by atoms with E-state index in [1.165, 1.54) is 0 Å². The Hall–Kier alpha value is -1.56. The molecule has 0 atom stereocenters. The van der Waals surface area contributed by atoms with Crippen LogP contribution >= 0.6 is 0 Å². The largest absolute Gasteiger partial charge is 0.0558 e. The lowest BCUT2D eigenvalue weighted by Crippen LogP contribution is -2.11. The Kier molecular flexibility index (Phi) is 2.78. The van der Waals surface area contributed by atoms with Crippen molar-refractivity contribution in [3.05, 3.63) is 68.3 Å². The van der Waals surface area contributed by atoms with Gasteiger partial charge >= 0.3 is 0 Å². The molecule has 3 aliphatic rings. The maximum absolute atomic E-state index is 8.75. The Bertz CT molecular complexity index is 857. The van der Waals surface area contributed by atoms with Crippen molar-refractivity contribution in [2.75, 3.05) is 0 Å². The predicted octanol–water partition coefficient (Wildman–Crippen LogP) is 5.76. The minimum atomic E-state index is -1.42. The highest BCUT2D eigenvalue weighted by molar-refractivity contribution is 5.51. The van der Waals surface area contributed by atoms with E-state index in [2.05, 4.69) is 0 Å². The summed E-state index contributed by atoms with van der Waals surface area (Å²) >= 11 is 0. The van der Waals surface area contributed by atoms with Crippen LogP contribution in [-0.4, -0.2) is 0 Å². The lowest BCUT2D eigenvalue weighted by atomic mass is 9.81. The van der Waals surface area contributed by atoms with E-state index in [4.69, 9.17) is 8.22 Å². The van der Waals surface area contributed by atoms with E-state index in [1.54, 1.807) is 0 Å². The van der Waals surface area contributed by atoms with Gasteiger partial charge in [0.05, 0.1) is 0 Å². The molecule has 5 rings (SSSR count). The molecule has 0 amide bonds. The van der Waals surface area contributed by atoms with Crippen LogP contribution in [0.1, 0.15) is 77.4 Å². The molecule has 24 heavy (non-hydrogen) atoms. The van der Waals surface area contributed by atoms with Gasteiger partial charge in [0, 0.05) is 8.22 Å². The molecular weight excluding hydrogens is 288 g/mol. The first-order valence-corrected chi connectivity index (χ1v) is 8.97. The number of fused-ring (bicyclic) bond motifs is 6. The molecule has 0 nitrogen and oxygen atoms in total. The summed E-state index contributed by atoms with van der Waals surface area (Å²) in [5, 5.41) is 0. The van der Waals surface area contributed by atoms with Crippen molar-refractivity contribution in [2.45, 2.75) is 78.4 Å². The maximum atomic E-state index is 8.75. The summed E-state index contributed by atoms with van der Waals surface area (Å²) in [4.78, 5) is 0. The van der Waals surface area contributed by atoms with Crippen molar-refractivity contribution < 1.29 is 8.22 Å². The molecule has 0 heterocycles. The average molecular weight is 325 g/mol. The summed E-state index contributed by atoms with van der Waals surface area (Å²) in [6, 6.07) is 5.78. The second-order valence-corrected chi connectivity index (χ2v) is 7.28. The average Bonchev–Trinajstić information content (AvgIpc) is 2.56. The molecule has 0 aliphatic heterocycles. The Morgan fingerprint density at radius 3 is 1.12 bits per heavy atom. The first-order valence-electron chi connectivity index (χ1n) is 12.0. The minimum absolute atomic E-state index is 0.247. The van der Waals surface area contributed by atoms with Crippen LogP contribution < -0.4 is 0 Å². The van der Waals surface area contributed by atoms with Gasteiger partial charge in [-0.1, -0.05) is 18.2 Å². The van der Waals surface area contributed by atoms with Crippen LogP contribution in [-0.2, 0) is 38.5 Å². The van der Waals surface area contributed by atoms with Crippen LogP contribution in [0.4, 0.5) is 0 Å². The van der Waals surface area contributed by atoms with Gasteiger partial charge in [-0.15, -0.1) is 0 Å². The van der Waals surface area contributed by atoms with Gasteiger partial charge in [-0.25, -0.2) is 0 Å². The molecule has 0 saturated heterocycles. The molecule has 3 aliphatic carbocycles. The van der Waals surface area contributed by atoms with Crippen molar-refractivity contribution in [3.63, 3.8) is 0 Å². The van der Waals surface area contributed by atoms with Crippen molar-refractivity contribution >= 4 is 0 Å². The molecule has 0 fully saturated rings. The molecule has 0 unspecified atom stereocenters. The van der Waals surface area contributed by atoms with Gasteiger partial charge in [0.2, 0.25) is 0 Å². The van der Waals surface area contributed by atoms with Gasteiger partial charge in [-0.3, -0.25) is 0 Å². The third kappa shape index (κ3) is 2.81. The molecule has 0 saturated carbocycles. The molecule has 0 spiro atoms. The van der Waals surface area contributed by atoms with Crippen molar-refractivity contribution in [1.29, 1.82) is 0 Å². The van der Waals surface area contributed by atoms with Gasteiger partial charge in [0.15, 0.2) is 0 Å². The highest BCUT2D eigenvalue weighted by atomic mass is 14.2. The zero-order valence-corrected chi connectivity index (χ0v) is 15.0. The summed E-state index contributed by atoms with van der Waals surface area (Å²) in [7, 11) is 0. The SMILES string of the molecule is [2H]C1([2H])Cc2cc3cc(c2)CC([2H])([2H])Cc2c(C)c(c(C)c(c2C)CC([2H])([2H])C3)C1. The second kappa shape index (κ2) is 6.39. The zero-order valence-electron chi connectivity index (χ0n) is 21.0. The summed E-state index contributed by atoms with van der Waals surface area (Å²) in [6.45, 7) is 5.97. The van der Waals surface area contributed by atoms with Crippen molar-refractivity contribution in [1.82, 2.24) is 0 Å². The summed E-state index contributed by atoms with van der Waals surface area (Å²) in [6.07, 6.45) is -2.75. The lowest BCUT2D eigenvalue weighted by molar-refractivity contribution is 0.743. The fourth-order valence-electron chi connectivity index (χ4n) is 4.33. The maximum Gasteiger partial charge on any atom is 0.0273 e. The van der Waals surface area contributed by atoms with Gasteiger partial charge in [0.25, 0.3) is 0 Å². The van der Waals surface area contributed by atoms with Crippen LogP contribution in [0, 0.1) is 20.8 Å². The molecule has 6 bridgehead atoms. The van der Waals surface area contributed by atoms with Crippen LogP contribution in [0.3, 0.4) is 0 Å². The molecule has 2 aromatic carbocycles. The Balaban J connectivity index is 2.09. The van der Waals surface area contributed by atoms with Crippen molar-refractivity contribution in [2.24, 2.45) is 0 Å². The molecular formula is C24H30. The number of hydrogen-bond acceptors (Lipinski definition) is 0. The van der Waals surface area contributed by atoms with Crippen molar-refractivity contribution in [3.8, 4) is 0 Å². The Morgan fingerprint density at radius 1 is 0.542 bits per heavy atom. The van der Waals surface area contributed by atoms with E-state index in [-0.39, 0.29) is 38.5 Å². The quantitative estimate of drug-likeness (QED) is 0.577. The number of aryl methyl sites for hydroxylation is 3. The smallest absolute Gasteiger partial charge is 0.0273 e. The molecule has 0 N–H and O–H groups in total. The van der Waals surface area contributed by atoms with E-state index in [9.17, 15) is 0 Å². The number of benzene rings is 2. The van der Waals surface area contributed by atoms with E-state index < -0.39 is 19.1 Å². The Morgan fingerprint density at radius 2 is 0.833 bits per heavy atom. The molecule has 2 aromatic rings. The summed E-state index contributed by atoms with van der Waals surface area (Å²) < 4.78 is 52.5. The molecule has 0 radical (unpaired) electrons. The first kappa shape index (κ1) is 10.4. The Labute approximate surface area is 155 Å². The van der Waals surface area contributed by atoms with Crippen LogP contribution in [0.15, 0.2) is 18.2 Å². The monoisotopic (exact) mass is 324 g/mol. The number of rotatable bonds is 0. The summed E-state index contributed by atoms with van der Waals surface area (Å²) in [5.41, 5.74) is 8.23. The van der Waals surface area contributed by atoms with Gasteiger partial charge in [-0.05, 0) is 128 Å². The lowest BCUT2D eigenvalue weighted by Gasteiger charge is -2.24. The van der Waals surface area contributed by atoms with E-state index >= 15 is 0 Å². The highest BCUT2D eigenvalue weighted by Gasteiger charge is 2.18. The van der Waals surface area contributed by atoms with Crippen LogP contribution in [0.25, 0.3) is 0 Å². The van der Waals surface area contributed by atoms with E-state index in [0.717, 1.165) is 50.1 Å². The third-order valence-electron chi connectivity index (χ3n) is 5.72. The topological polar surface area (TPSA) is 0 Å². The summed E-state index contributed by atoms with van der Waals surface area (Å²) in [5.74, 6) is 0. The van der Waals surface area contributed by atoms with Crippen LogP contribution in [0.5, 0.6) is 0 Å². The predicted molar refractivity (Wildman–Crippen MR) is 103 cm³/mol. The van der Waals surface area contributed by atoms with Gasteiger partial charge in [0.1, 0.15) is 0 Å². The molecule has 0 heteroatoms. The minimum Gasteiger partial charge on any atom is -0.0558 e. The third-order valence-corrected chi connectivity index (χ3v) is 5.72. The fraction of sp³-hybridized carbons (Fsp3) is 0.500. The second-order valence-electron chi connectivity index (χ2n) is 7.28. The van der Waals surface area contributed by atoms with Gasteiger partial charge in [-0.2, -0.15) is 0 Å². The standard InChI is InChI=1S/C24H30/c1-16-22-10-4-7-19-13-20-8-5-11-23(16)18(3)24(17(22)2)12-6-9-21(14-19)15-20/h13-15H,4-12H2,1-3H3/i4D2,5D2,6D2. The molecule has 126 valence electrons. The first-order chi connectivity index (χ1) is 13.8. The fourth-order valence-corrected chi connectivity index (χ4v) is 4.33. The van der Waals surface area contributed by atoms with E-state index in [0.29, 0.717) is 0 Å².